The third-order valence-electron chi connectivity index (χ3n) is 3.34. The molecule has 0 fully saturated rings. The number of aromatic nitrogens is 2. The highest BCUT2D eigenvalue weighted by Crippen LogP contribution is 2.32. The van der Waals surface area contributed by atoms with Gasteiger partial charge < -0.3 is 4.40 Å². The fourth-order valence-corrected chi connectivity index (χ4v) is 2.39. The number of rotatable bonds is 2. The Morgan fingerprint density at radius 1 is 1.05 bits per heavy atom. The SMILES string of the molecule is Cc1ccc2nc(Cc3ccccc3C(F)(F)F)cn2c1. The van der Waals surface area contributed by atoms with E-state index in [-0.39, 0.29) is 12.0 Å². The van der Waals surface area contributed by atoms with E-state index in [0.717, 1.165) is 17.3 Å². The minimum Gasteiger partial charge on any atom is -0.307 e. The molecule has 0 aliphatic heterocycles. The van der Waals surface area contributed by atoms with Crippen LogP contribution in [0.3, 0.4) is 0 Å². The van der Waals surface area contributed by atoms with Crippen molar-refractivity contribution >= 4 is 5.65 Å². The van der Waals surface area contributed by atoms with Crippen molar-refractivity contribution in [2.24, 2.45) is 0 Å². The molecule has 0 amide bonds. The molecule has 21 heavy (non-hydrogen) atoms. The summed E-state index contributed by atoms with van der Waals surface area (Å²) in [4.78, 5) is 4.37. The predicted octanol–water partition coefficient (Wildman–Crippen LogP) is 4.25. The first kappa shape index (κ1) is 13.7. The number of aryl methyl sites for hydroxylation is 1. The van der Waals surface area contributed by atoms with Crippen LogP contribution in [0, 0.1) is 6.92 Å². The van der Waals surface area contributed by atoms with Crippen LogP contribution in [-0.4, -0.2) is 9.38 Å². The number of fused-ring (bicyclic) bond motifs is 1. The van der Waals surface area contributed by atoms with Crippen molar-refractivity contribution in [1.82, 2.24) is 9.38 Å². The molecule has 0 aliphatic carbocycles. The van der Waals surface area contributed by atoms with Gasteiger partial charge in [-0.25, -0.2) is 4.98 Å². The Kier molecular flexibility index (Phi) is 3.20. The van der Waals surface area contributed by atoms with E-state index < -0.39 is 11.7 Å². The van der Waals surface area contributed by atoms with Gasteiger partial charge in [0.25, 0.3) is 0 Å². The Balaban J connectivity index is 1.99. The van der Waals surface area contributed by atoms with E-state index in [4.69, 9.17) is 0 Å². The molecule has 3 rings (SSSR count). The number of alkyl halides is 3. The molecule has 0 spiro atoms. The van der Waals surface area contributed by atoms with Crippen molar-refractivity contribution in [3.8, 4) is 0 Å². The highest BCUT2D eigenvalue weighted by molar-refractivity contribution is 5.43. The highest BCUT2D eigenvalue weighted by Gasteiger charge is 2.32. The Hall–Kier alpha value is -2.30. The minimum absolute atomic E-state index is 0.163. The molecule has 1 aromatic carbocycles. The third-order valence-corrected chi connectivity index (χ3v) is 3.34. The van der Waals surface area contributed by atoms with Gasteiger partial charge >= 0.3 is 6.18 Å². The van der Waals surface area contributed by atoms with Gasteiger partial charge in [0, 0.05) is 18.8 Å². The summed E-state index contributed by atoms with van der Waals surface area (Å²) in [6, 6.07) is 9.40. The van der Waals surface area contributed by atoms with Crippen LogP contribution in [0.4, 0.5) is 13.2 Å². The van der Waals surface area contributed by atoms with Gasteiger partial charge in [-0.2, -0.15) is 13.2 Å². The van der Waals surface area contributed by atoms with Gasteiger partial charge in [0.05, 0.1) is 11.3 Å². The lowest BCUT2D eigenvalue weighted by Gasteiger charge is -2.11. The number of nitrogens with zero attached hydrogens (tertiary/aromatic N) is 2. The van der Waals surface area contributed by atoms with Gasteiger partial charge in [-0.1, -0.05) is 24.3 Å². The second-order valence-corrected chi connectivity index (χ2v) is 5.04. The maximum Gasteiger partial charge on any atom is 0.416 e. The Labute approximate surface area is 119 Å². The van der Waals surface area contributed by atoms with E-state index in [9.17, 15) is 13.2 Å². The van der Waals surface area contributed by atoms with Gasteiger partial charge in [-0.05, 0) is 30.2 Å². The fraction of sp³-hybridized carbons (Fsp3) is 0.188. The number of hydrogen-bond acceptors (Lipinski definition) is 1. The van der Waals surface area contributed by atoms with Crippen LogP contribution in [0.25, 0.3) is 5.65 Å². The Morgan fingerprint density at radius 3 is 2.57 bits per heavy atom. The number of pyridine rings is 1. The van der Waals surface area contributed by atoms with Crippen molar-refractivity contribution in [1.29, 1.82) is 0 Å². The first-order chi connectivity index (χ1) is 9.93. The summed E-state index contributed by atoms with van der Waals surface area (Å²) in [5, 5.41) is 0. The summed E-state index contributed by atoms with van der Waals surface area (Å²) >= 11 is 0. The second kappa shape index (κ2) is 4.91. The molecule has 2 heterocycles. The normalized spacial score (nSPS) is 12.0. The maximum atomic E-state index is 13.0. The third kappa shape index (κ3) is 2.77. The molecule has 2 aromatic heterocycles. The summed E-state index contributed by atoms with van der Waals surface area (Å²) in [6.07, 6.45) is -0.500. The number of halogens is 3. The van der Waals surface area contributed by atoms with Crippen LogP contribution in [0.2, 0.25) is 0 Å². The zero-order chi connectivity index (χ0) is 15.0. The average Bonchev–Trinajstić information content (AvgIpc) is 2.79. The summed E-state index contributed by atoms with van der Waals surface area (Å²) in [6.45, 7) is 1.96. The largest absolute Gasteiger partial charge is 0.416 e. The van der Waals surface area contributed by atoms with Gasteiger partial charge in [0.1, 0.15) is 5.65 Å². The molecule has 0 saturated heterocycles. The lowest BCUT2D eigenvalue weighted by molar-refractivity contribution is -0.138. The van der Waals surface area contributed by atoms with E-state index in [1.54, 1.807) is 12.3 Å². The van der Waals surface area contributed by atoms with Gasteiger partial charge in [-0.3, -0.25) is 0 Å². The first-order valence-electron chi connectivity index (χ1n) is 6.53. The van der Waals surface area contributed by atoms with Crippen molar-refractivity contribution in [2.75, 3.05) is 0 Å². The molecule has 2 nitrogen and oxygen atoms in total. The van der Waals surface area contributed by atoms with Crippen molar-refractivity contribution < 1.29 is 13.2 Å². The van der Waals surface area contributed by atoms with E-state index in [1.807, 2.05) is 29.7 Å². The maximum absolute atomic E-state index is 13.0. The monoisotopic (exact) mass is 290 g/mol. The number of benzene rings is 1. The Bertz CT molecular complexity index is 788. The van der Waals surface area contributed by atoms with E-state index in [1.165, 1.54) is 12.1 Å². The molecule has 108 valence electrons. The number of imidazole rings is 1. The smallest absolute Gasteiger partial charge is 0.307 e. The van der Waals surface area contributed by atoms with Gasteiger partial charge in [-0.15, -0.1) is 0 Å². The lowest BCUT2D eigenvalue weighted by atomic mass is 10.0. The van der Waals surface area contributed by atoms with Gasteiger partial charge in [0.15, 0.2) is 0 Å². The van der Waals surface area contributed by atoms with Crippen LogP contribution in [0.1, 0.15) is 22.4 Å². The van der Waals surface area contributed by atoms with Crippen molar-refractivity contribution in [2.45, 2.75) is 19.5 Å². The van der Waals surface area contributed by atoms with E-state index >= 15 is 0 Å². The quantitative estimate of drug-likeness (QED) is 0.689. The topological polar surface area (TPSA) is 17.3 Å². The molecule has 3 aromatic rings. The lowest BCUT2D eigenvalue weighted by Crippen LogP contribution is -2.09. The van der Waals surface area contributed by atoms with Gasteiger partial charge in [0.2, 0.25) is 0 Å². The second-order valence-electron chi connectivity index (χ2n) is 5.04. The molecule has 0 N–H and O–H groups in total. The van der Waals surface area contributed by atoms with Crippen molar-refractivity contribution in [3.05, 3.63) is 71.2 Å². The summed E-state index contributed by atoms with van der Waals surface area (Å²) in [7, 11) is 0. The summed E-state index contributed by atoms with van der Waals surface area (Å²) < 4.78 is 40.8. The van der Waals surface area contributed by atoms with Crippen molar-refractivity contribution in [3.63, 3.8) is 0 Å². The standard InChI is InChI=1S/C16H13F3N2/c1-11-6-7-15-20-13(10-21(15)9-11)8-12-4-2-3-5-14(12)16(17,18)19/h2-7,9-10H,8H2,1H3. The fourth-order valence-electron chi connectivity index (χ4n) is 2.39. The van der Waals surface area contributed by atoms with Crippen LogP contribution in [0.15, 0.2) is 48.8 Å². The molecule has 0 radical (unpaired) electrons. The van der Waals surface area contributed by atoms with E-state index in [2.05, 4.69) is 4.98 Å². The summed E-state index contributed by atoms with van der Waals surface area (Å²) in [5.74, 6) is 0. The highest BCUT2D eigenvalue weighted by atomic mass is 19.4. The zero-order valence-electron chi connectivity index (χ0n) is 11.4. The number of hydrogen-bond donors (Lipinski definition) is 0. The molecular formula is C16H13F3N2. The van der Waals surface area contributed by atoms with Crippen LogP contribution >= 0.6 is 0 Å². The molecule has 0 unspecified atom stereocenters. The first-order valence-corrected chi connectivity index (χ1v) is 6.53. The summed E-state index contributed by atoms with van der Waals surface area (Å²) in [5.41, 5.74) is 2.07. The molecule has 5 heteroatoms. The predicted molar refractivity (Wildman–Crippen MR) is 74.2 cm³/mol. The Morgan fingerprint density at radius 2 is 1.81 bits per heavy atom. The minimum atomic E-state index is -4.34. The average molecular weight is 290 g/mol. The molecule has 0 aliphatic rings. The van der Waals surface area contributed by atoms with Crippen LogP contribution in [-0.2, 0) is 12.6 Å². The van der Waals surface area contributed by atoms with Crippen LogP contribution < -0.4 is 0 Å². The zero-order valence-corrected chi connectivity index (χ0v) is 11.4. The molecular weight excluding hydrogens is 277 g/mol. The van der Waals surface area contributed by atoms with E-state index in [0.29, 0.717) is 5.69 Å². The molecule has 0 bridgehead atoms. The van der Waals surface area contributed by atoms with Crippen LogP contribution in [0.5, 0.6) is 0 Å². The molecule has 0 atom stereocenters. The molecule has 0 saturated carbocycles.